The maximum atomic E-state index is 13.6. The summed E-state index contributed by atoms with van der Waals surface area (Å²) >= 11 is 0.789. The molecule has 3 aromatic rings. The minimum absolute atomic E-state index is 0.0820. The van der Waals surface area contributed by atoms with Crippen molar-refractivity contribution < 1.29 is 26.7 Å². The maximum absolute atomic E-state index is 13.6. The summed E-state index contributed by atoms with van der Waals surface area (Å²) in [5.74, 6) is -1.70. The Morgan fingerprint density at radius 3 is 2.52 bits per heavy atom. The zero-order valence-electron chi connectivity index (χ0n) is 12.1. The van der Waals surface area contributed by atoms with Crippen LogP contribution >= 0.6 is 11.3 Å². The number of amides is 2. The number of carbonyl (C=O) groups excluding carboxylic acids is 1. The largest absolute Gasteiger partial charge is 0.418 e. The average Bonchev–Trinajstić information content (AvgIpc) is 2.89. The van der Waals surface area contributed by atoms with Gasteiger partial charge in [-0.15, -0.1) is 0 Å². The lowest BCUT2D eigenvalue weighted by atomic mass is 10.1. The zero-order chi connectivity index (χ0) is 18.2. The molecule has 0 bridgehead atoms. The van der Waals surface area contributed by atoms with E-state index in [2.05, 4.69) is 15.6 Å². The first-order valence-electron chi connectivity index (χ1n) is 6.74. The number of rotatable bonds is 2. The predicted molar refractivity (Wildman–Crippen MR) is 83.6 cm³/mol. The third-order valence-corrected chi connectivity index (χ3v) is 4.03. The minimum atomic E-state index is -4.64. The number of anilines is 2. The molecule has 1 aromatic heterocycles. The molecule has 0 fully saturated rings. The number of aromatic nitrogens is 1. The minimum Gasteiger partial charge on any atom is -0.307 e. The molecule has 0 aliphatic carbocycles. The number of thiazole rings is 1. The smallest absolute Gasteiger partial charge is 0.307 e. The molecular formula is C15H8F5N3OS. The van der Waals surface area contributed by atoms with Gasteiger partial charge in [0, 0.05) is 6.07 Å². The Kier molecular flexibility index (Phi) is 4.29. The number of hydrogen-bond acceptors (Lipinski definition) is 3. The van der Waals surface area contributed by atoms with Gasteiger partial charge in [-0.25, -0.2) is 18.6 Å². The van der Waals surface area contributed by atoms with E-state index >= 15 is 0 Å². The Labute approximate surface area is 141 Å². The fourth-order valence-electron chi connectivity index (χ4n) is 2.10. The second kappa shape index (κ2) is 6.28. The summed E-state index contributed by atoms with van der Waals surface area (Å²) in [6, 6.07) is 5.14. The van der Waals surface area contributed by atoms with Gasteiger partial charge >= 0.3 is 12.2 Å². The monoisotopic (exact) mass is 373 g/mol. The number of benzene rings is 2. The summed E-state index contributed by atoms with van der Waals surface area (Å²) in [4.78, 5) is 15.7. The Morgan fingerprint density at radius 1 is 1.08 bits per heavy atom. The first-order valence-corrected chi connectivity index (χ1v) is 7.55. The molecule has 2 aromatic carbocycles. The zero-order valence-corrected chi connectivity index (χ0v) is 12.9. The molecule has 0 unspecified atom stereocenters. The predicted octanol–water partition coefficient (Wildman–Crippen LogP) is 5.24. The molecule has 0 spiro atoms. The van der Waals surface area contributed by atoms with E-state index in [4.69, 9.17) is 0 Å². The highest BCUT2D eigenvalue weighted by atomic mass is 32.1. The van der Waals surface area contributed by atoms with Gasteiger partial charge in [-0.1, -0.05) is 23.5 Å². The fraction of sp³-hybridized carbons (Fsp3) is 0.0667. The lowest BCUT2D eigenvalue weighted by Gasteiger charge is -2.13. The fourth-order valence-corrected chi connectivity index (χ4v) is 3.00. The molecule has 25 heavy (non-hydrogen) atoms. The van der Waals surface area contributed by atoms with Crippen LogP contribution < -0.4 is 10.6 Å². The third-order valence-electron chi connectivity index (χ3n) is 3.11. The van der Waals surface area contributed by atoms with Gasteiger partial charge < -0.3 is 5.32 Å². The van der Waals surface area contributed by atoms with Crippen LogP contribution in [-0.4, -0.2) is 11.0 Å². The molecule has 10 heteroatoms. The SMILES string of the molecule is O=C(Nc1nc2c(F)cc(F)cc2s1)Nc1ccccc1C(F)(F)F. The number of hydrogen-bond donors (Lipinski definition) is 2. The van der Waals surface area contributed by atoms with Gasteiger partial charge in [0.15, 0.2) is 10.9 Å². The van der Waals surface area contributed by atoms with Crippen LogP contribution in [0.4, 0.5) is 37.6 Å². The van der Waals surface area contributed by atoms with E-state index in [0.717, 1.165) is 29.5 Å². The van der Waals surface area contributed by atoms with Crippen molar-refractivity contribution in [2.75, 3.05) is 10.6 Å². The molecule has 4 nitrogen and oxygen atoms in total. The third kappa shape index (κ3) is 3.68. The van der Waals surface area contributed by atoms with Crippen molar-refractivity contribution in [2.45, 2.75) is 6.18 Å². The van der Waals surface area contributed by atoms with E-state index in [9.17, 15) is 26.7 Å². The van der Waals surface area contributed by atoms with E-state index in [-0.39, 0.29) is 15.3 Å². The highest BCUT2D eigenvalue weighted by molar-refractivity contribution is 7.22. The molecule has 0 aliphatic rings. The quantitative estimate of drug-likeness (QED) is 0.604. The molecule has 0 radical (unpaired) electrons. The maximum Gasteiger partial charge on any atom is 0.418 e. The summed E-state index contributed by atoms with van der Waals surface area (Å²) in [5, 5.41) is 4.19. The van der Waals surface area contributed by atoms with E-state index in [1.807, 2.05) is 0 Å². The highest BCUT2D eigenvalue weighted by Crippen LogP contribution is 2.35. The number of alkyl halides is 3. The second-order valence-corrected chi connectivity index (χ2v) is 5.91. The van der Waals surface area contributed by atoms with Gasteiger partial charge in [-0.3, -0.25) is 5.32 Å². The molecule has 2 amide bonds. The van der Waals surface area contributed by atoms with Gasteiger partial charge in [0.25, 0.3) is 0 Å². The van der Waals surface area contributed by atoms with Crippen LogP contribution in [0.1, 0.15) is 5.56 Å². The first kappa shape index (κ1) is 17.1. The Morgan fingerprint density at radius 2 is 1.80 bits per heavy atom. The number of nitrogens with zero attached hydrogens (tertiary/aromatic N) is 1. The van der Waals surface area contributed by atoms with Crippen molar-refractivity contribution in [3.8, 4) is 0 Å². The van der Waals surface area contributed by atoms with Crippen molar-refractivity contribution in [3.05, 3.63) is 53.6 Å². The number of nitrogens with one attached hydrogen (secondary N) is 2. The van der Waals surface area contributed by atoms with Crippen molar-refractivity contribution in [3.63, 3.8) is 0 Å². The van der Waals surface area contributed by atoms with E-state index in [1.54, 1.807) is 0 Å². The van der Waals surface area contributed by atoms with Crippen LogP contribution in [0.5, 0.6) is 0 Å². The summed E-state index contributed by atoms with van der Waals surface area (Å²) in [5.41, 5.74) is -1.59. The van der Waals surface area contributed by atoms with Crippen molar-refractivity contribution in [1.82, 2.24) is 4.98 Å². The Hall–Kier alpha value is -2.75. The van der Waals surface area contributed by atoms with Gasteiger partial charge in [-0.05, 0) is 18.2 Å². The second-order valence-electron chi connectivity index (χ2n) is 4.88. The summed E-state index contributed by atoms with van der Waals surface area (Å²) in [6.07, 6.45) is -4.64. The topological polar surface area (TPSA) is 54.0 Å². The van der Waals surface area contributed by atoms with Crippen LogP contribution in [-0.2, 0) is 6.18 Å². The number of carbonyl (C=O) groups is 1. The normalized spacial score (nSPS) is 11.6. The Balaban J connectivity index is 1.81. The molecule has 0 aliphatic heterocycles. The number of fused-ring (bicyclic) bond motifs is 1. The highest BCUT2D eigenvalue weighted by Gasteiger charge is 2.33. The molecule has 130 valence electrons. The lowest BCUT2D eigenvalue weighted by molar-refractivity contribution is -0.136. The van der Waals surface area contributed by atoms with Crippen LogP contribution in [0.2, 0.25) is 0 Å². The van der Waals surface area contributed by atoms with Crippen molar-refractivity contribution in [1.29, 1.82) is 0 Å². The summed E-state index contributed by atoms with van der Waals surface area (Å²) in [7, 11) is 0. The molecule has 0 atom stereocenters. The summed E-state index contributed by atoms with van der Waals surface area (Å²) in [6.45, 7) is 0. The van der Waals surface area contributed by atoms with Crippen LogP contribution in [0, 0.1) is 11.6 Å². The van der Waals surface area contributed by atoms with Gasteiger partial charge in [0.1, 0.15) is 11.3 Å². The van der Waals surface area contributed by atoms with Gasteiger partial charge in [-0.2, -0.15) is 13.2 Å². The first-order chi connectivity index (χ1) is 11.7. The van der Waals surface area contributed by atoms with Crippen LogP contribution in [0.15, 0.2) is 36.4 Å². The van der Waals surface area contributed by atoms with Crippen molar-refractivity contribution >= 4 is 38.4 Å². The molecule has 2 N–H and O–H groups in total. The average molecular weight is 373 g/mol. The van der Waals surface area contributed by atoms with E-state index in [1.165, 1.54) is 12.1 Å². The molecule has 0 saturated heterocycles. The number of halogens is 5. The van der Waals surface area contributed by atoms with Crippen LogP contribution in [0.3, 0.4) is 0 Å². The van der Waals surface area contributed by atoms with Gasteiger partial charge in [0.05, 0.1) is 16.0 Å². The Bertz CT molecular complexity index is 954. The molecule has 1 heterocycles. The van der Waals surface area contributed by atoms with Crippen molar-refractivity contribution in [2.24, 2.45) is 0 Å². The number of para-hydroxylation sites is 1. The lowest BCUT2D eigenvalue weighted by Crippen LogP contribution is -2.21. The molecular weight excluding hydrogens is 365 g/mol. The standard InChI is InChI=1S/C15H8F5N3OS/c16-7-5-9(17)12-11(6-7)25-14(22-12)23-13(24)21-10-4-2-1-3-8(10)15(18,19)20/h1-6H,(H2,21,22,23,24). The van der Waals surface area contributed by atoms with Crippen LogP contribution in [0.25, 0.3) is 10.2 Å². The number of urea groups is 1. The van der Waals surface area contributed by atoms with E-state index in [0.29, 0.717) is 6.07 Å². The molecule has 3 rings (SSSR count). The van der Waals surface area contributed by atoms with Gasteiger partial charge in [0.2, 0.25) is 0 Å². The van der Waals surface area contributed by atoms with E-state index < -0.39 is 35.1 Å². The molecule has 0 saturated carbocycles. The summed E-state index contributed by atoms with van der Waals surface area (Å²) < 4.78 is 65.5.